The third-order valence-electron chi connectivity index (χ3n) is 7.13. The highest BCUT2D eigenvalue weighted by Crippen LogP contribution is 2.61. The van der Waals surface area contributed by atoms with Crippen molar-refractivity contribution < 1.29 is 17.9 Å². The minimum absolute atomic E-state index is 0.0908. The molecule has 2 N–H and O–H groups in total. The molecule has 4 fully saturated rings. The van der Waals surface area contributed by atoms with E-state index in [1.807, 2.05) is 6.92 Å². The van der Waals surface area contributed by atoms with Gasteiger partial charge in [-0.2, -0.15) is 0 Å². The predicted octanol–water partition coefficient (Wildman–Crippen LogP) is 3.54. The molecule has 7 heteroatoms. The van der Waals surface area contributed by atoms with E-state index in [0.717, 1.165) is 37.0 Å². The number of hydrogen-bond donors (Lipinski definition) is 2. The molecule has 1 aromatic carbocycles. The van der Waals surface area contributed by atoms with Crippen LogP contribution < -0.4 is 14.8 Å². The third kappa shape index (κ3) is 3.54. The van der Waals surface area contributed by atoms with Crippen LogP contribution in [0.4, 0.5) is 5.69 Å². The third-order valence-corrected chi connectivity index (χ3v) is 8.67. The second kappa shape index (κ2) is 7.02. The van der Waals surface area contributed by atoms with E-state index in [2.05, 4.69) is 10.0 Å². The van der Waals surface area contributed by atoms with Crippen molar-refractivity contribution in [2.24, 2.45) is 23.2 Å². The Kier molecular flexibility index (Phi) is 4.94. The summed E-state index contributed by atoms with van der Waals surface area (Å²) in [6.45, 7) is 3.44. The summed E-state index contributed by atoms with van der Waals surface area (Å²) in [5.41, 5.74) is 0.560. The lowest BCUT2D eigenvalue weighted by molar-refractivity contribution is -0.114. The summed E-state index contributed by atoms with van der Waals surface area (Å²) < 4.78 is 34.4. The van der Waals surface area contributed by atoms with Gasteiger partial charge in [-0.1, -0.05) is 0 Å². The number of carbonyl (C=O) groups is 1. The monoisotopic (exact) mass is 406 g/mol. The van der Waals surface area contributed by atoms with Crippen molar-refractivity contribution in [3.8, 4) is 5.75 Å². The van der Waals surface area contributed by atoms with Crippen LogP contribution in [0.5, 0.6) is 5.75 Å². The molecule has 4 saturated carbocycles. The van der Waals surface area contributed by atoms with Gasteiger partial charge in [-0.3, -0.25) is 4.79 Å². The summed E-state index contributed by atoms with van der Waals surface area (Å²) in [5.74, 6) is 2.42. The maximum Gasteiger partial charge on any atom is 0.240 e. The van der Waals surface area contributed by atoms with Crippen LogP contribution in [0, 0.1) is 23.2 Å². The molecule has 28 heavy (non-hydrogen) atoms. The zero-order valence-corrected chi connectivity index (χ0v) is 17.6. The van der Waals surface area contributed by atoms with E-state index in [1.54, 1.807) is 6.07 Å². The van der Waals surface area contributed by atoms with Gasteiger partial charge in [0.1, 0.15) is 5.75 Å². The smallest absolute Gasteiger partial charge is 0.240 e. The number of carbonyl (C=O) groups excluding carboxylic acids is 1. The van der Waals surface area contributed by atoms with Gasteiger partial charge in [0.05, 0.1) is 17.7 Å². The Morgan fingerprint density at radius 3 is 2.21 bits per heavy atom. The minimum atomic E-state index is -3.67. The Hall–Kier alpha value is -1.60. The van der Waals surface area contributed by atoms with Gasteiger partial charge in [0.15, 0.2) is 0 Å². The largest absolute Gasteiger partial charge is 0.495 e. The molecule has 0 saturated heterocycles. The average Bonchev–Trinajstić information content (AvgIpc) is 2.60. The normalized spacial score (nSPS) is 32.2. The van der Waals surface area contributed by atoms with Gasteiger partial charge in [-0.15, -0.1) is 0 Å². The van der Waals surface area contributed by atoms with Crippen molar-refractivity contribution in [2.45, 2.75) is 63.3 Å². The second-order valence-electron chi connectivity index (χ2n) is 9.17. The van der Waals surface area contributed by atoms with Crippen molar-refractivity contribution in [3.05, 3.63) is 18.2 Å². The van der Waals surface area contributed by atoms with E-state index in [9.17, 15) is 13.2 Å². The fourth-order valence-corrected chi connectivity index (χ4v) is 7.63. The summed E-state index contributed by atoms with van der Waals surface area (Å²) in [4.78, 5) is 11.5. The Morgan fingerprint density at radius 2 is 1.71 bits per heavy atom. The molecule has 4 bridgehead atoms. The van der Waals surface area contributed by atoms with Crippen LogP contribution >= 0.6 is 0 Å². The molecule has 0 aromatic heterocycles. The average molecular weight is 407 g/mol. The fourth-order valence-electron chi connectivity index (χ4n) is 6.27. The van der Waals surface area contributed by atoms with E-state index >= 15 is 0 Å². The highest BCUT2D eigenvalue weighted by molar-refractivity contribution is 7.89. The molecular weight excluding hydrogens is 376 g/mol. The molecule has 0 spiro atoms. The minimum Gasteiger partial charge on any atom is -0.495 e. The first-order chi connectivity index (χ1) is 13.2. The first-order valence-corrected chi connectivity index (χ1v) is 11.7. The van der Waals surface area contributed by atoms with E-state index in [-0.39, 0.29) is 22.3 Å². The molecule has 4 aliphatic carbocycles. The number of amides is 1. The number of nitrogens with one attached hydrogen (secondary N) is 2. The fraction of sp³-hybridized carbons (Fsp3) is 0.667. The zero-order valence-electron chi connectivity index (χ0n) is 16.8. The number of methoxy groups -OCH3 is 1. The Morgan fingerprint density at radius 1 is 1.14 bits per heavy atom. The number of ether oxygens (including phenoxy) is 1. The molecule has 4 aliphatic rings. The highest BCUT2D eigenvalue weighted by atomic mass is 32.2. The van der Waals surface area contributed by atoms with Gasteiger partial charge >= 0.3 is 0 Å². The van der Waals surface area contributed by atoms with Crippen LogP contribution in [0.3, 0.4) is 0 Å². The van der Waals surface area contributed by atoms with E-state index < -0.39 is 10.0 Å². The van der Waals surface area contributed by atoms with Crippen LogP contribution in [0.25, 0.3) is 0 Å². The second-order valence-corrected chi connectivity index (χ2v) is 10.9. The first kappa shape index (κ1) is 19.7. The van der Waals surface area contributed by atoms with Crippen molar-refractivity contribution in [1.29, 1.82) is 0 Å². The molecule has 154 valence electrons. The number of hydrogen-bond acceptors (Lipinski definition) is 4. The molecule has 0 radical (unpaired) electrons. The number of sulfonamides is 1. The number of rotatable bonds is 6. The van der Waals surface area contributed by atoms with Crippen molar-refractivity contribution >= 4 is 21.6 Å². The predicted molar refractivity (Wildman–Crippen MR) is 108 cm³/mol. The van der Waals surface area contributed by atoms with Crippen LogP contribution in [-0.2, 0) is 14.8 Å². The summed E-state index contributed by atoms with van der Waals surface area (Å²) >= 11 is 0. The lowest BCUT2D eigenvalue weighted by Crippen LogP contribution is -2.55. The number of benzene rings is 1. The van der Waals surface area contributed by atoms with Gasteiger partial charge in [-0.25, -0.2) is 13.1 Å². The molecule has 1 amide bonds. The van der Waals surface area contributed by atoms with E-state index in [4.69, 9.17) is 4.74 Å². The maximum atomic E-state index is 13.1. The van der Waals surface area contributed by atoms with Crippen molar-refractivity contribution in [1.82, 2.24) is 4.72 Å². The number of anilines is 1. The Labute approximate surface area is 167 Å². The van der Waals surface area contributed by atoms with E-state index in [0.29, 0.717) is 11.4 Å². The molecule has 1 atom stereocenters. The van der Waals surface area contributed by atoms with Gasteiger partial charge in [0.2, 0.25) is 15.9 Å². The van der Waals surface area contributed by atoms with E-state index in [1.165, 1.54) is 45.4 Å². The van der Waals surface area contributed by atoms with Gasteiger partial charge < -0.3 is 10.1 Å². The molecule has 6 nitrogen and oxygen atoms in total. The standard InChI is InChI=1S/C21H30N2O4S/c1-13(21-10-15-6-16(11-21)8-17(7-15)12-21)23-28(25,26)18-4-5-19(22-14(2)24)20(9-18)27-3/h4-5,9,13,15-17,23H,6-8,10-12H2,1-3H3,(H,22,24)/t13-,15?,16?,17?,21?/m1/s1. The van der Waals surface area contributed by atoms with Crippen molar-refractivity contribution in [2.75, 3.05) is 12.4 Å². The van der Waals surface area contributed by atoms with Crippen LogP contribution in [0.15, 0.2) is 23.1 Å². The molecule has 5 rings (SSSR count). The van der Waals surface area contributed by atoms with Crippen molar-refractivity contribution in [3.63, 3.8) is 0 Å². The first-order valence-electron chi connectivity index (χ1n) is 10.2. The molecule has 0 heterocycles. The SMILES string of the molecule is COc1cc(S(=O)(=O)N[C@H](C)C23CC4CC(CC(C4)C2)C3)ccc1NC(C)=O. The molecular formula is C21H30N2O4S. The van der Waals surface area contributed by atoms with Gasteiger partial charge in [0.25, 0.3) is 0 Å². The summed E-state index contributed by atoms with van der Waals surface area (Å²) in [5, 5.41) is 2.65. The maximum absolute atomic E-state index is 13.1. The Balaban J connectivity index is 1.55. The highest BCUT2D eigenvalue weighted by Gasteiger charge is 2.53. The lowest BCUT2D eigenvalue weighted by Gasteiger charge is -2.59. The topological polar surface area (TPSA) is 84.5 Å². The van der Waals surface area contributed by atoms with Gasteiger partial charge in [-0.05, 0) is 80.8 Å². The summed E-state index contributed by atoms with van der Waals surface area (Å²) in [7, 11) is -2.21. The molecule has 0 aliphatic heterocycles. The zero-order chi connectivity index (χ0) is 20.1. The lowest BCUT2D eigenvalue weighted by atomic mass is 9.48. The van der Waals surface area contributed by atoms with Crippen LogP contribution in [-0.4, -0.2) is 27.5 Å². The molecule has 1 aromatic rings. The quantitative estimate of drug-likeness (QED) is 0.757. The summed E-state index contributed by atoms with van der Waals surface area (Å²) in [6, 6.07) is 4.47. The van der Waals surface area contributed by atoms with Gasteiger partial charge in [0, 0.05) is 19.0 Å². The van der Waals surface area contributed by atoms with Crippen LogP contribution in [0.1, 0.15) is 52.4 Å². The molecule has 0 unspecified atom stereocenters. The summed E-state index contributed by atoms with van der Waals surface area (Å²) in [6.07, 6.45) is 7.44. The van der Waals surface area contributed by atoms with Crippen LogP contribution in [0.2, 0.25) is 0 Å². The Bertz CT molecular complexity index is 845.